The molecule has 1 aromatic heterocycles. The highest BCUT2D eigenvalue weighted by molar-refractivity contribution is 5.97. The predicted molar refractivity (Wildman–Crippen MR) is 104 cm³/mol. The van der Waals surface area contributed by atoms with Crippen LogP contribution in [0.2, 0.25) is 0 Å². The molecule has 7 heteroatoms. The fourth-order valence-corrected chi connectivity index (χ4v) is 3.31. The van der Waals surface area contributed by atoms with Crippen molar-refractivity contribution in [2.45, 2.75) is 12.5 Å². The Balaban J connectivity index is 1.46. The molecule has 1 aliphatic rings. The molecule has 2 aromatic carbocycles. The van der Waals surface area contributed by atoms with Gasteiger partial charge in [-0.1, -0.05) is 24.3 Å². The van der Waals surface area contributed by atoms with Gasteiger partial charge in [0.2, 0.25) is 0 Å². The molecule has 0 radical (unpaired) electrons. The van der Waals surface area contributed by atoms with E-state index in [4.69, 9.17) is 4.74 Å². The van der Waals surface area contributed by atoms with Crippen LogP contribution in [0.1, 0.15) is 33.2 Å². The number of ether oxygens (including phenoxy) is 1. The van der Waals surface area contributed by atoms with Gasteiger partial charge in [0, 0.05) is 25.7 Å². The van der Waals surface area contributed by atoms with Crippen LogP contribution in [0.4, 0.5) is 4.39 Å². The summed E-state index contributed by atoms with van der Waals surface area (Å²) in [6.07, 6.45) is 3.30. The summed E-state index contributed by atoms with van der Waals surface area (Å²) in [4.78, 5) is 12.6. The molecule has 0 aliphatic carbocycles. The summed E-state index contributed by atoms with van der Waals surface area (Å²) < 4.78 is 20.5. The van der Waals surface area contributed by atoms with E-state index < -0.39 is 5.82 Å². The van der Waals surface area contributed by atoms with Gasteiger partial charge in [0.05, 0.1) is 35.7 Å². The van der Waals surface area contributed by atoms with E-state index in [1.165, 1.54) is 23.0 Å². The van der Waals surface area contributed by atoms with Gasteiger partial charge >= 0.3 is 0 Å². The number of nitrogens with zero attached hydrogens (tertiary/aromatic N) is 3. The van der Waals surface area contributed by atoms with Crippen LogP contribution in [0.5, 0.6) is 0 Å². The molecule has 29 heavy (non-hydrogen) atoms. The summed E-state index contributed by atoms with van der Waals surface area (Å²) in [5.74, 6) is -0.577. The number of benzene rings is 2. The van der Waals surface area contributed by atoms with Crippen LogP contribution < -0.4 is 5.32 Å². The molecule has 4 rings (SSSR count). The van der Waals surface area contributed by atoms with Crippen LogP contribution in [0.3, 0.4) is 0 Å². The van der Waals surface area contributed by atoms with Crippen molar-refractivity contribution in [1.29, 1.82) is 5.26 Å². The number of nitrogens with one attached hydrogen (secondary N) is 1. The minimum atomic E-state index is -0.494. The number of carbonyl (C=O) groups is 1. The van der Waals surface area contributed by atoms with E-state index in [0.717, 1.165) is 30.3 Å². The van der Waals surface area contributed by atoms with Gasteiger partial charge in [-0.05, 0) is 29.3 Å². The maximum absolute atomic E-state index is 13.3. The highest BCUT2D eigenvalue weighted by atomic mass is 19.1. The molecule has 0 spiro atoms. The predicted octanol–water partition coefficient (Wildman–Crippen LogP) is 2.97. The van der Waals surface area contributed by atoms with E-state index in [-0.39, 0.29) is 23.9 Å². The van der Waals surface area contributed by atoms with E-state index in [0.29, 0.717) is 17.9 Å². The van der Waals surface area contributed by atoms with Gasteiger partial charge in [-0.2, -0.15) is 10.4 Å². The van der Waals surface area contributed by atoms with Crippen molar-refractivity contribution < 1.29 is 13.9 Å². The fraction of sp³-hybridized carbons (Fsp3) is 0.227. The van der Waals surface area contributed by atoms with Gasteiger partial charge in [-0.15, -0.1) is 0 Å². The Morgan fingerprint density at radius 1 is 1.31 bits per heavy atom. The van der Waals surface area contributed by atoms with Crippen LogP contribution in [0.25, 0.3) is 5.69 Å². The Labute approximate surface area is 167 Å². The van der Waals surface area contributed by atoms with E-state index in [9.17, 15) is 14.4 Å². The lowest BCUT2D eigenvalue weighted by Crippen LogP contribution is -2.33. The number of hydrogen-bond acceptors (Lipinski definition) is 5. The van der Waals surface area contributed by atoms with Gasteiger partial charge in [-0.25, -0.2) is 9.07 Å². The SMILES string of the molecule is N#Cc1cc(F)ccc1-n1cc(C(=O)Cc2ccc([C@H]3CNCCO3)cc2)cn1. The van der Waals surface area contributed by atoms with Crippen LogP contribution in [0, 0.1) is 17.1 Å². The molecule has 6 nitrogen and oxygen atoms in total. The van der Waals surface area contributed by atoms with E-state index in [2.05, 4.69) is 10.4 Å². The molecular formula is C22H19FN4O2. The molecule has 1 aliphatic heterocycles. The van der Waals surface area contributed by atoms with Crippen LogP contribution >= 0.6 is 0 Å². The largest absolute Gasteiger partial charge is 0.371 e. The quantitative estimate of drug-likeness (QED) is 0.678. The highest BCUT2D eigenvalue weighted by Crippen LogP contribution is 2.20. The lowest BCUT2D eigenvalue weighted by Gasteiger charge is -2.24. The molecule has 1 atom stereocenters. The topological polar surface area (TPSA) is 79.9 Å². The number of carbonyl (C=O) groups excluding carboxylic acids is 1. The number of morpholine rings is 1. The van der Waals surface area contributed by atoms with Crippen molar-refractivity contribution in [3.63, 3.8) is 0 Å². The zero-order valence-corrected chi connectivity index (χ0v) is 15.6. The summed E-state index contributed by atoms with van der Waals surface area (Å²) in [5.41, 5.74) is 3.00. The number of rotatable bonds is 5. The Morgan fingerprint density at radius 3 is 2.86 bits per heavy atom. The minimum absolute atomic E-state index is 0.0387. The molecule has 1 fully saturated rings. The monoisotopic (exact) mass is 390 g/mol. The smallest absolute Gasteiger partial charge is 0.170 e. The zero-order chi connectivity index (χ0) is 20.2. The van der Waals surface area contributed by atoms with Crippen molar-refractivity contribution in [2.75, 3.05) is 19.7 Å². The number of Topliss-reactive ketones (excluding diaryl/α,β-unsaturated/α-hetero) is 1. The summed E-state index contributed by atoms with van der Waals surface area (Å²) in [7, 11) is 0. The molecule has 0 unspecified atom stereocenters. The number of nitriles is 1. The second kappa shape index (κ2) is 8.35. The Hall–Kier alpha value is -3.34. The lowest BCUT2D eigenvalue weighted by molar-refractivity contribution is 0.0277. The molecular weight excluding hydrogens is 371 g/mol. The summed E-state index contributed by atoms with van der Waals surface area (Å²) in [6, 6.07) is 13.7. The van der Waals surface area contributed by atoms with E-state index >= 15 is 0 Å². The molecule has 146 valence electrons. The fourth-order valence-electron chi connectivity index (χ4n) is 3.31. The summed E-state index contributed by atoms with van der Waals surface area (Å²) >= 11 is 0. The highest BCUT2D eigenvalue weighted by Gasteiger charge is 2.16. The second-order valence-corrected chi connectivity index (χ2v) is 6.85. The first-order valence-electron chi connectivity index (χ1n) is 9.33. The first kappa shape index (κ1) is 19.0. The van der Waals surface area contributed by atoms with E-state index in [1.807, 2.05) is 30.3 Å². The molecule has 1 saturated heterocycles. The molecule has 0 saturated carbocycles. The second-order valence-electron chi connectivity index (χ2n) is 6.85. The normalized spacial score (nSPS) is 16.3. The average molecular weight is 390 g/mol. The molecule has 1 N–H and O–H groups in total. The first-order chi connectivity index (χ1) is 14.1. The van der Waals surface area contributed by atoms with Crippen LogP contribution in [-0.2, 0) is 11.2 Å². The zero-order valence-electron chi connectivity index (χ0n) is 15.6. The van der Waals surface area contributed by atoms with Crippen molar-refractivity contribution >= 4 is 5.78 Å². The van der Waals surface area contributed by atoms with Crippen molar-refractivity contribution in [3.05, 3.63) is 82.9 Å². The Kier molecular flexibility index (Phi) is 5.47. The third kappa shape index (κ3) is 4.24. The summed E-state index contributed by atoms with van der Waals surface area (Å²) in [6.45, 7) is 2.34. The van der Waals surface area contributed by atoms with Crippen molar-refractivity contribution in [2.24, 2.45) is 0 Å². The number of halogens is 1. The van der Waals surface area contributed by atoms with Gasteiger partial charge in [0.1, 0.15) is 11.9 Å². The maximum atomic E-state index is 13.3. The third-order valence-electron chi connectivity index (χ3n) is 4.87. The van der Waals surface area contributed by atoms with Gasteiger partial charge in [0.15, 0.2) is 5.78 Å². The van der Waals surface area contributed by atoms with Crippen molar-refractivity contribution in [1.82, 2.24) is 15.1 Å². The van der Waals surface area contributed by atoms with Gasteiger partial charge in [0.25, 0.3) is 0 Å². The van der Waals surface area contributed by atoms with Gasteiger partial charge < -0.3 is 10.1 Å². The average Bonchev–Trinajstić information content (AvgIpc) is 3.25. The molecule has 0 amide bonds. The van der Waals surface area contributed by atoms with Crippen LogP contribution in [-0.4, -0.2) is 35.3 Å². The van der Waals surface area contributed by atoms with E-state index in [1.54, 1.807) is 6.20 Å². The molecule has 3 aromatic rings. The first-order valence-corrected chi connectivity index (χ1v) is 9.33. The van der Waals surface area contributed by atoms with Gasteiger partial charge in [-0.3, -0.25) is 4.79 Å². The standard InChI is InChI=1S/C22H19FN4O2/c23-19-5-6-20(17(10-19)11-24)27-14-18(12-26-27)21(28)9-15-1-3-16(4-2-15)22-13-25-7-8-29-22/h1-6,10,12,14,22,25H,7-9,13H2/t22-/m1/s1. The number of ketones is 1. The maximum Gasteiger partial charge on any atom is 0.170 e. The Bertz CT molecular complexity index is 1060. The Morgan fingerprint density at radius 2 is 2.14 bits per heavy atom. The number of hydrogen-bond donors (Lipinski definition) is 1. The minimum Gasteiger partial charge on any atom is -0.371 e. The summed E-state index contributed by atoms with van der Waals surface area (Å²) in [5, 5.41) is 16.7. The van der Waals surface area contributed by atoms with Crippen molar-refractivity contribution in [3.8, 4) is 11.8 Å². The molecule has 0 bridgehead atoms. The lowest BCUT2D eigenvalue weighted by atomic mass is 10.0. The number of aromatic nitrogens is 2. The molecule has 2 heterocycles. The van der Waals surface area contributed by atoms with Crippen LogP contribution in [0.15, 0.2) is 54.9 Å². The third-order valence-corrected chi connectivity index (χ3v) is 4.87.